The van der Waals surface area contributed by atoms with E-state index in [2.05, 4.69) is 0 Å². The van der Waals surface area contributed by atoms with Gasteiger partial charge in [-0.1, -0.05) is 0 Å². The van der Waals surface area contributed by atoms with E-state index in [1.807, 2.05) is 19.9 Å². The smallest absolute Gasteiger partial charge is 0.207 e. The molecule has 96 valence electrons. The van der Waals surface area contributed by atoms with E-state index >= 15 is 0 Å². The van der Waals surface area contributed by atoms with Crippen LogP contribution >= 0.6 is 0 Å². The molecule has 1 aliphatic heterocycles. The maximum absolute atomic E-state index is 12.5. The van der Waals surface area contributed by atoms with Crippen LogP contribution in [-0.4, -0.2) is 24.8 Å². The SMILES string of the molecule is CC1(C)CCCN1S(=O)(=O)c1ccc(C#N)cc1. The average molecular weight is 264 g/mol. The molecule has 0 radical (unpaired) electrons. The number of hydrogen-bond acceptors (Lipinski definition) is 3. The van der Waals surface area contributed by atoms with E-state index < -0.39 is 10.0 Å². The van der Waals surface area contributed by atoms with Gasteiger partial charge in [0, 0.05) is 12.1 Å². The first-order valence-corrected chi connectivity index (χ1v) is 7.35. The van der Waals surface area contributed by atoms with Crippen molar-refractivity contribution in [2.75, 3.05) is 6.54 Å². The molecular formula is C13H16N2O2S. The monoisotopic (exact) mass is 264 g/mol. The minimum absolute atomic E-state index is 0.261. The van der Waals surface area contributed by atoms with Crippen molar-refractivity contribution in [1.82, 2.24) is 4.31 Å². The quantitative estimate of drug-likeness (QED) is 0.822. The van der Waals surface area contributed by atoms with Crippen LogP contribution in [0.4, 0.5) is 0 Å². The summed E-state index contributed by atoms with van der Waals surface area (Å²) in [6, 6.07) is 8.06. The largest absolute Gasteiger partial charge is 0.243 e. The van der Waals surface area contributed by atoms with E-state index in [1.165, 1.54) is 24.3 Å². The molecular weight excluding hydrogens is 248 g/mol. The normalized spacial score (nSPS) is 19.6. The fraction of sp³-hybridized carbons (Fsp3) is 0.462. The van der Waals surface area contributed by atoms with E-state index in [-0.39, 0.29) is 10.4 Å². The molecule has 0 bridgehead atoms. The third-order valence-electron chi connectivity index (χ3n) is 3.40. The predicted octanol–water partition coefficient (Wildman–Crippen LogP) is 2.12. The van der Waals surface area contributed by atoms with Gasteiger partial charge in [-0.25, -0.2) is 8.42 Å². The standard InChI is InChI=1S/C13H16N2O2S/c1-13(2)8-3-9-15(13)18(16,17)12-6-4-11(10-14)5-7-12/h4-7H,3,8-9H2,1-2H3. The molecule has 0 N–H and O–H groups in total. The van der Waals surface area contributed by atoms with Crippen LogP contribution < -0.4 is 0 Å². The molecule has 1 fully saturated rings. The van der Waals surface area contributed by atoms with Crippen molar-refractivity contribution in [2.45, 2.75) is 37.1 Å². The maximum atomic E-state index is 12.5. The molecule has 2 rings (SSSR count). The van der Waals surface area contributed by atoms with Crippen molar-refractivity contribution in [3.8, 4) is 6.07 Å². The van der Waals surface area contributed by atoms with Crippen molar-refractivity contribution < 1.29 is 8.42 Å². The lowest BCUT2D eigenvalue weighted by molar-refractivity contribution is 0.292. The van der Waals surface area contributed by atoms with Crippen LogP contribution in [0.2, 0.25) is 0 Å². The molecule has 0 atom stereocenters. The van der Waals surface area contributed by atoms with Crippen LogP contribution in [0.25, 0.3) is 0 Å². The molecule has 0 unspecified atom stereocenters. The fourth-order valence-corrected chi connectivity index (χ4v) is 4.20. The predicted molar refractivity (Wildman–Crippen MR) is 68.4 cm³/mol. The Balaban J connectivity index is 2.39. The van der Waals surface area contributed by atoms with Crippen LogP contribution in [-0.2, 0) is 10.0 Å². The van der Waals surface area contributed by atoms with Crippen molar-refractivity contribution in [3.05, 3.63) is 29.8 Å². The Morgan fingerprint density at radius 3 is 2.33 bits per heavy atom. The Morgan fingerprint density at radius 2 is 1.89 bits per heavy atom. The average Bonchev–Trinajstić information content (AvgIpc) is 2.69. The van der Waals surface area contributed by atoms with Crippen LogP contribution in [0.3, 0.4) is 0 Å². The Bertz CT molecular complexity index is 582. The van der Waals surface area contributed by atoms with E-state index in [0.717, 1.165) is 12.8 Å². The third kappa shape index (κ3) is 2.14. The van der Waals surface area contributed by atoms with Crippen LogP contribution in [0, 0.1) is 11.3 Å². The van der Waals surface area contributed by atoms with Gasteiger partial charge in [0.25, 0.3) is 0 Å². The highest BCUT2D eigenvalue weighted by molar-refractivity contribution is 7.89. The summed E-state index contributed by atoms with van der Waals surface area (Å²) >= 11 is 0. The number of benzene rings is 1. The van der Waals surface area contributed by atoms with E-state index in [1.54, 1.807) is 4.31 Å². The molecule has 4 nitrogen and oxygen atoms in total. The van der Waals surface area contributed by atoms with Gasteiger partial charge >= 0.3 is 0 Å². The number of hydrogen-bond donors (Lipinski definition) is 0. The zero-order valence-corrected chi connectivity index (χ0v) is 11.4. The molecule has 5 heteroatoms. The summed E-state index contributed by atoms with van der Waals surface area (Å²) < 4.78 is 26.5. The van der Waals surface area contributed by atoms with E-state index in [0.29, 0.717) is 12.1 Å². The molecule has 0 spiro atoms. The van der Waals surface area contributed by atoms with Crippen molar-refractivity contribution in [2.24, 2.45) is 0 Å². The highest BCUT2D eigenvalue weighted by Crippen LogP contribution is 2.33. The van der Waals surface area contributed by atoms with Crippen LogP contribution in [0.15, 0.2) is 29.2 Å². The number of nitriles is 1. The molecule has 1 aromatic carbocycles. The molecule has 0 aromatic heterocycles. The summed E-state index contributed by atoms with van der Waals surface area (Å²) in [5.41, 5.74) is 0.141. The Kier molecular flexibility index (Phi) is 3.18. The lowest BCUT2D eigenvalue weighted by Crippen LogP contribution is -2.42. The summed E-state index contributed by atoms with van der Waals surface area (Å²) in [6.45, 7) is 4.46. The topological polar surface area (TPSA) is 61.2 Å². The van der Waals surface area contributed by atoms with Crippen LogP contribution in [0.5, 0.6) is 0 Å². The molecule has 0 saturated carbocycles. The Morgan fingerprint density at radius 1 is 1.28 bits per heavy atom. The minimum Gasteiger partial charge on any atom is -0.207 e. The first-order chi connectivity index (χ1) is 8.38. The fourth-order valence-electron chi connectivity index (χ4n) is 2.36. The molecule has 1 aliphatic rings. The van der Waals surface area contributed by atoms with Crippen molar-refractivity contribution in [3.63, 3.8) is 0 Å². The van der Waals surface area contributed by atoms with Gasteiger partial charge in [0.2, 0.25) is 10.0 Å². The van der Waals surface area contributed by atoms with Crippen molar-refractivity contribution >= 4 is 10.0 Å². The number of nitrogens with zero attached hydrogens (tertiary/aromatic N) is 2. The second-order valence-electron chi connectivity index (χ2n) is 5.13. The Hall–Kier alpha value is -1.38. The molecule has 1 heterocycles. The summed E-state index contributed by atoms with van der Waals surface area (Å²) in [5, 5.41) is 8.72. The number of sulfonamides is 1. The summed E-state index contributed by atoms with van der Waals surface area (Å²) in [7, 11) is -3.45. The van der Waals surface area contributed by atoms with Gasteiger partial charge in [-0.15, -0.1) is 0 Å². The van der Waals surface area contributed by atoms with Gasteiger partial charge in [0.1, 0.15) is 0 Å². The number of rotatable bonds is 2. The highest BCUT2D eigenvalue weighted by Gasteiger charge is 2.40. The second kappa shape index (κ2) is 4.38. The van der Waals surface area contributed by atoms with E-state index in [9.17, 15) is 8.42 Å². The first-order valence-electron chi connectivity index (χ1n) is 5.91. The third-order valence-corrected chi connectivity index (χ3v) is 5.52. The molecule has 0 amide bonds. The van der Waals surface area contributed by atoms with Crippen LogP contribution in [0.1, 0.15) is 32.3 Å². The van der Waals surface area contributed by atoms with Crippen molar-refractivity contribution in [1.29, 1.82) is 5.26 Å². The molecule has 1 saturated heterocycles. The summed E-state index contributed by atoms with van der Waals surface area (Å²) in [6.07, 6.45) is 1.77. The minimum atomic E-state index is -3.45. The van der Waals surface area contributed by atoms with Gasteiger partial charge in [-0.3, -0.25) is 0 Å². The first kappa shape index (κ1) is 13.1. The summed E-state index contributed by atoms with van der Waals surface area (Å²) in [4.78, 5) is 0.261. The van der Waals surface area contributed by atoms with Gasteiger partial charge in [-0.05, 0) is 51.0 Å². The van der Waals surface area contributed by atoms with Gasteiger partial charge < -0.3 is 0 Å². The Labute approximate surface area is 108 Å². The van der Waals surface area contributed by atoms with Gasteiger partial charge in [-0.2, -0.15) is 9.57 Å². The van der Waals surface area contributed by atoms with Gasteiger partial charge in [0.15, 0.2) is 0 Å². The lowest BCUT2D eigenvalue weighted by atomic mass is 10.0. The molecule has 1 aromatic rings. The van der Waals surface area contributed by atoms with E-state index in [4.69, 9.17) is 5.26 Å². The zero-order chi connectivity index (χ0) is 13.4. The molecule has 0 aliphatic carbocycles. The summed E-state index contributed by atoms with van der Waals surface area (Å²) in [5.74, 6) is 0. The highest BCUT2D eigenvalue weighted by atomic mass is 32.2. The maximum Gasteiger partial charge on any atom is 0.243 e. The second-order valence-corrected chi connectivity index (χ2v) is 6.99. The molecule has 18 heavy (non-hydrogen) atoms. The zero-order valence-electron chi connectivity index (χ0n) is 10.5. The van der Waals surface area contributed by atoms with Gasteiger partial charge in [0.05, 0.1) is 16.5 Å². The lowest BCUT2D eigenvalue weighted by Gasteiger charge is -2.30.